The fourth-order valence-corrected chi connectivity index (χ4v) is 4.06. The smallest absolute Gasteiger partial charge is 0.0282 e. The highest BCUT2D eigenvalue weighted by molar-refractivity contribution is 8.00. The summed E-state index contributed by atoms with van der Waals surface area (Å²) in [6.45, 7) is 8.49. The summed E-state index contributed by atoms with van der Waals surface area (Å²) in [4.78, 5) is 0. The molecule has 2 unspecified atom stereocenters. The summed E-state index contributed by atoms with van der Waals surface area (Å²) >= 11 is 2.07. The largest absolute Gasteiger partial charge is 0.312 e. The first-order valence-corrected chi connectivity index (χ1v) is 8.48. The lowest BCUT2D eigenvalue weighted by atomic mass is 9.69. The van der Waals surface area contributed by atoms with Crippen LogP contribution >= 0.6 is 11.8 Å². The first-order chi connectivity index (χ1) is 7.97. The van der Waals surface area contributed by atoms with E-state index in [1.807, 2.05) is 0 Å². The fraction of sp³-hybridized carbons (Fsp3) is 1.00. The molecule has 0 aromatic carbocycles. The number of hydrogen-bond acceptors (Lipinski definition) is 2. The van der Waals surface area contributed by atoms with E-state index in [2.05, 4.69) is 44.1 Å². The maximum absolute atomic E-state index is 3.91. The van der Waals surface area contributed by atoms with Gasteiger partial charge in [0.1, 0.15) is 0 Å². The highest BCUT2D eigenvalue weighted by atomic mass is 32.2. The van der Waals surface area contributed by atoms with Gasteiger partial charge in [0.25, 0.3) is 0 Å². The first kappa shape index (κ1) is 13.7. The van der Waals surface area contributed by atoms with Crippen LogP contribution in [0.2, 0.25) is 0 Å². The van der Waals surface area contributed by atoms with Crippen molar-refractivity contribution in [3.8, 4) is 0 Å². The second-order valence-electron chi connectivity index (χ2n) is 7.13. The molecular formula is C15H29NS. The standard InChI is InChI=1S/C15H29NS/c1-14(2,3)12-7-5-6-8-13(12)16-11-15(17-4)9-10-15/h12-13,16H,5-11H2,1-4H3. The van der Waals surface area contributed by atoms with Crippen molar-refractivity contribution in [3.05, 3.63) is 0 Å². The molecule has 2 atom stereocenters. The van der Waals surface area contributed by atoms with Crippen LogP contribution in [-0.4, -0.2) is 23.6 Å². The molecule has 0 spiro atoms. The molecule has 0 bridgehead atoms. The van der Waals surface area contributed by atoms with Crippen molar-refractivity contribution in [3.63, 3.8) is 0 Å². The summed E-state index contributed by atoms with van der Waals surface area (Å²) in [5, 5.41) is 3.91. The number of rotatable bonds is 4. The minimum Gasteiger partial charge on any atom is -0.312 e. The quantitative estimate of drug-likeness (QED) is 0.812. The number of hydrogen-bond donors (Lipinski definition) is 1. The summed E-state index contributed by atoms with van der Waals surface area (Å²) in [5.74, 6) is 0.869. The molecule has 0 radical (unpaired) electrons. The highest BCUT2D eigenvalue weighted by Gasteiger charge is 2.43. The van der Waals surface area contributed by atoms with Gasteiger partial charge >= 0.3 is 0 Å². The average Bonchev–Trinajstić information content (AvgIpc) is 3.06. The van der Waals surface area contributed by atoms with E-state index in [0.717, 1.165) is 12.0 Å². The van der Waals surface area contributed by atoms with Gasteiger partial charge in [0.05, 0.1) is 0 Å². The van der Waals surface area contributed by atoms with Crippen LogP contribution in [0.5, 0.6) is 0 Å². The molecule has 100 valence electrons. The van der Waals surface area contributed by atoms with Gasteiger partial charge in [-0.15, -0.1) is 0 Å². The van der Waals surface area contributed by atoms with Crippen LogP contribution in [0, 0.1) is 11.3 Å². The Kier molecular flexibility index (Phi) is 4.14. The highest BCUT2D eigenvalue weighted by Crippen LogP contribution is 2.47. The summed E-state index contributed by atoms with van der Waals surface area (Å²) in [6.07, 6.45) is 10.8. The molecule has 17 heavy (non-hydrogen) atoms. The third-order valence-electron chi connectivity index (χ3n) is 4.81. The molecule has 1 nitrogen and oxygen atoms in total. The molecule has 0 heterocycles. The van der Waals surface area contributed by atoms with E-state index in [1.165, 1.54) is 45.1 Å². The molecule has 2 fully saturated rings. The van der Waals surface area contributed by atoms with Gasteiger partial charge in [0.2, 0.25) is 0 Å². The SMILES string of the molecule is CSC1(CNC2CCCCC2C(C)(C)C)CC1. The van der Waals surface area contributed by atoms with Gasteiger partial charge in [-0.2, -0.15) is 11.8 Å². The first-order valence-electron chi connectivity index (χ1n) is 7.25. The Labute approximate surface area is 112 Å². The zero-order valence-corrected chi connectivity index (χ0v) is 12.8. The van der Waals surface area contributed by atoms with Crippen LogP contribution in [0.3, 0.4) is 0 Å². The average molecular weight is 255 g/mol. The van der Waals surface area contributed by atoms with E-state index in [4.69, 9.17) is 0 Å². The maximum Gasteiger partial charge on any atom is 0.0282 e. The van der Waals surface area contributed by atoms with Crippen LogP contribution in [0.1, 0.15) is 59.3 Å². The van der Waals surface area contributed by atoms with Crippen LogP contribution in [0.15, 0.2) is 0 Å². The van der Waals surface area contributed by atoms with Gasteiger partial charge in [0.15, 0.2) is 0 Å². The van der Waals surface area contributed by atoms with Crippen molar-refractivity contribution in [2.75, 3.05) is 12.8 Å². The summed E-state index contributed by atoms with van der Waals surface area (Å²) in [7, 11) is 0. The third-order valence-corrected chi connectivity index (χ3v) is 6.22. The monoisotopic (exact) mass is 255 g/mol. The topological polar surface area (TPSA) is 12.0 Å². The maximum atomic E-state index is 3.91. The van der Waals surface area contributed by atoms with Gasteiger partial charge in [-0.05, 0) is 43.3 Å². The van der Waals surface area contributed by atoms with Crippen LogP contribution in [0.4, 0.5) is 0 Å². The van der Waals surface area contributed by atoms with E-state index in [1.54, 1.807) is 0 Å². The molecule has 0 saturated heterocycles. The molecule has 2 aliphatic rings. The van der Waals surface area contributed by atoms with Crippen molar-refractivity contribution in [2.45, 2.75) is 70.1 Å². The molecule has 0 aromatic heterocycles. The van der Waals surface area contributed by atoms with Gasteiger partial charge in [-0.3, -0.25) is 0 Å². The summed E-state index contributed by atoms with van der Waals surface area (Å²) < 4.78 is 0.611. The minimum absolute atomic E-state index is 0.466. The van der Waals surface area contributed by atoms with E-state index < -0.39 is 0 Å². The van der Waals surface area contributed by atoms with Crippen LogP contribution < -0.4 is 5.32 Å². The Morgan fingerprint density at radius 2 is 1.82 bits per heavy atom. The molecule has 2 aliphatic carbocycles. The van der Waals surface area contributed by atoms with Crippen molar-refractivity contribution < 1.29 is 0 Å². The van der Waals surface area contributed by atoms with E-state index in [9.17, 15) is 0 Å². The Morgan fingerprint density at radius 3 is 2.35 bits per heavy atom. The van der Waals surface area contributed by atoms with Gasteiger partial charge in [-0.25, -0.2) is 0 Å². The van der Waals surface area contributed by atoms with Crippen LogP contribution in [0.25, 0.3) is 0 Å². The Hall–Kier alpha value is 0.310. The minimum atomic E-state index is 0.466. The van der Waals surface area contributed by atoms with Crippen molar-refractivity contribution in [2.24, 2.45) is 11.3 Å². The Morgan fingerprint density at radius 1 is 1.18 bits per heavy atom. The summed E-state index contributed by atoms with van der Waals surface area (Å²) in [5.41, 5.74) is 0.466. The zero-order valence-electron chi connectivity index (χ0n) is 12.0. The lowest BCUT2D eigenvalue weighted by molar-refractivity contribution is 0.131. The van der Waals surface area contributed by atoms with Crippen molar-refractivity contribution in [1.29, 1.82) is 0 Å². The predicted molar refractivity (Wildman–Crippen MR) is 78.7 cm³/mol. The Balaban J connectivity index is 1.88. The lowest BCUT2D eigenvalue weighted by Gasteiger charge is -2.41. The zero-order chi connectivity index (χ0) is 12.5. The van der Waals surface area contributed by atoms with Crippen molar-refractivity contribution in [1.82, 2.24) is 5.32 Å². The fourth-order valence-electron chi connectivity index (χ4n) is 3.32. The molecule has 2 saturated carbocycles. The van der Waals surface area contributed by atoms with Gasteiger partial charge in [-0.1, -0.05) is 33.6 Å². The predicted octanol–water partition coefficient (Wildman–Crippen LogP) is 4.08. The van der Waals surface area contributed by atoms with Crippen molar-refractivity contribution >= 4 is 11.8 Å². The molecule has 0 aromatic rings. The molecule has 0 aliphatic heterocycles. The van der Waals surface area contributed by atoms with E-state index >= 15 is 0 Å². The summed E-state index contributed by atoms with van der Waals surface area (Å²) in [6, 6.07) is 0.772. The lowest BCUT2D eigenvalue weighted by Crippen LogP contribution is -2.46. The molecule has 1 N–H and O–H groups in total. The Bertz CT molecular complexity index is 252. The van der Waals surface area contributed by atoms with Gasteiger partial charge < -0.3 is 5.32 Å². The number of thioether (sulfide) groups is 1. The second kappa shape index (κ2) is 5.13. The van der Waals surface area contributed by atoms with Gasteiger partial charge in [0, 0.05) is 17.3 Å². The second-order valence-corrected chi connectivity index (χ2v) is 8.41. The van der Waals surface area contributed by atoms with Crippen LogP contribution in [-0.2, 0) is 0 Å². The molecule has 2 rings (SSSR count). The third kappa shape index (κ3) is 3.41. The number of nitrogens with one attached hydrogen (secondary N) is 1. The normalized spacial score (nSPS) is 32.5. The molecular weight excluding hydrogens is 226 g/mol. The van der Waals surface area contributed by atoms with E-state index in [0.29, 0.717) is 10.2 Å². The molecule has 0 amide bonds. The molecule has 2 heteroatoms. The van der Waals surface area contributed by atoms with E-state index in [-0.39, 0.29) is 0 Å².